The molecule has 1 aromatic heterocycles. The molecule has 0 fully saturated rings. The summed E-state index contributed by atoms with van der Waals surface area (Å²) in [6, 6.07) is 6.40. The summed E-state index contributed by atoms with van der Waals surface area (Å²) in [6.45, 7) is -0.182. The molecule has 2 aromatic rings. The van der Waals surface area contributed by atoms with Crippen molar-refractivity contribution in [1.82, 2.24) is 10.0 Å². The first-order valence-electron chi connectivity index (χ1n) is 6.05. The number of nitrogens with zero attached hydrogens (tertiary/aromatic N) is 1. The van der Waals surface area contributed by atoms with Gasteiger partial charge in [-0.2, -0.15) is 4.73 Å². The molecular formula is C13H12N2O6S. The Bertz CT molecular complexity index is 848. The normalized spacial score (nSPS) is 10.6. The zero-order chi connectivity index (χ0) is 16.3. The van der Waals surface area contributed by atoms with Gasteiger partial charge >= 0.3 is 0 Å². The molecule has 1 aromatic carbocycles. The Morgan fingerprint density at radius 2 is 2.00 bits per heavy atom. The number of pyridine rings is 1. The van der Waals surface area contributed by atoms with Gasteiger partial charge in [0.25, 0.3) is 5.91 Å². The van der Waals surface area contributed by atoms with Gasteiger partial charge in [-0.3, -0.25) is 9.59 Å². The number of benzene rings is 1. The van der Waals surface area contributed by atoms with Crippen LogP contribution in [0.4, 0.5) is 0 Å². The highest BCUT2D eigenvalue weighted by molar-refractivity contribution is 7.72. The van der Waals surface area contributed by atoms with Crippen LogP contribution in [0.5, 0.6) is 5.75 Å². The summed E-state index contributed by atoms with van der Waals surface area (Å²) in [5.74, 6) is -1.19. The lowest BCUT2D eigenvalue weighted by molar-refractivity contribution is 0.0945. The van der Waals surface area contributed by atoms with Gasteiger partial charge < -0.3 is 15.6 Å². The van der Waals surface area contributed by atoms with Gasteiger partial charge in [-0.05, 0) is 18.2 Å². The van der Waals surface area contributed by atoms with Crippen molar-refractivity contribution in [2.45, 2.75) is 11.4 Å². The van der Waals surface area contributed by atoms with Crippen molar-refractivity contribution in [3.8, 4) is 5.75 Å². The van der Waals surface area contributed by atoms with E-state index in [2.05, 4.69) is 5.32 Å². The molecule has 0 saturated heterocycles. The highest BCUT2D eigenvalue weighted by atomic mass is 32.2. The highest BCUT2D eigenvalue weighted by Gasteiger charge is 2.10. The average molecular weight is 324 g/mol. The Hall–Kier alpha value is -2.81. The smallest absolute Gasteiger partial charge is 0.251 e. The third-order valence-electron chi connectivity index (χ3n) is 2.84. The molecule has 0 spiro atoms. The van der Waals surface area contributed by atoms with Crippen LogP contribution in [0, 0.1) is 0 Å². The van der Waals surface area contributed by atoms with Crippen LogP contribution in [0.3, 0.4) is 0 Å². The molecule has 0 atom stereocenters. The van der Waals surface area contributed by atoms with Crippen LogP contribution >= 0.6 is 0 Å². The van der Waals surface area contributed by atoms with Gasteiger partial charge in [0.2, 0.25) is 5.43 Å². The maximum atomic E-state index is 11.9. The minimum Gasteiger partial charge on any atom is -0.503 e. The second-order valence-corrected chi connectivity index (χ2v) is 5.38. The van der Waals surface area contributed by atoms with Gasteiger partial charge in [-0.25, -0.2) is 8.42 Å². The molecule has 116 valence electrons. The Kier molecular flexibility index (Phi) is 4.47. The first kappa shape index (κ1) is 15.6. The molecular weight excluding hydrogens is 312 g/mol. The molecule has 9 heteroatoms. The molecule has 8 nitrogen and oxygen atoms in total. The number of thiol groups is 1. The van der Waals surface area contributed by atoms with Gasteiger partial charge in [-0.1, -0.05) is 6.07 Å². The van der Waals surface area contributed by atoms with Crippen molar-refractivity contribution in [3.63, 3.8) is 0 Å². The van der Waals surface area contributed by atoms with E-state index in [-0.39, 0.29) is 22.7 Å². The van der Waals surface area contributed by atoms with Gasteiger partial charge in [-0.15, -0.1) is 0 Å². The fourth-order valence-corrected chi connectivity index (χ4v) is 2.17. The summed E-state index contributed by atoms with van der Waals surface area (Å²) in [4.78, 5) is 23.2. The minimum absolute atomic E-state index is 0.00588. The largest absolute Gasteiger partial charge is 0.503 e. The lowest BCUT2D eigenvalue weighted by Crippen LogP contribution is -2.25. The lowest BCUT2D eigenvalue weighted by atomic mass is 10.2. The van der Waals surface area contributed by atoms with Crippen molar-refractivity contribution in [2.24, 2.45) is 0 Å². The van der Waals surface area contributed by atoms with E-state index in [0.29, 0.717) is 4.73 Å². The zero-order valence-electron chi connectivity index (χ0n) is 11.1. The van der Waals surface area contributed by atoms with Crippen LogP contribution < -0.4 is 10.7 Å². The summed E-state index contributed by atoms with van der Waals surface area (Å²) < 4.78 is 22.3. The molecule has 0 aliphatic rings. The number of aromatic hydroxyl groups is 1. The van der Waals surface area contributed by atoms with Crippen molar-refractivity contribution in [1.29, 1.82) is 0 Å². The number of hydrogen-bond acceptors (Lipinski definition) is 6. The van der Waals surface area contributed by atoms with E-state index in [1.807, 2.05) is 0 Å². The average Bonchev–Trinajstić information content (AvgIpc) is 2.49. The summed E-state index contributed by atoms with van der Waals surface area (Å²) in [5.41, 5.74) is -0.510. The topological polar surface area (TPSA) is 126 Å². The van der Waals surface area contributed by atoms with Gasteiger partial charge in [0, 0.05) is 11.6 Å². The fraction of sp³-hybridized carbons (Fsp3) is 0.0769. The third kappa shape index (κ3) is 3.44. The number of carbonyl (C=O) groups is 1. The number of hydrogen-bond donors (Lipinski definition) is 4. The summed E-state index contributed by atoms with van der Waals surface area (Å²) in [7, 11) is -2.80. The fourth-order valence-electron chi connectivity index (χ4n) is 1.72. The number of aromatic nitrogens is 1. The standard InChI is InChI=1S/C13H12N2O6S/c16-11-5-9(15(19)7-12(11)17)6-14-13(18)8-2-1-3-10(4-8)22(20)21/h1-5,7,17,19,22H,6H2,(H,14,18). The SMILES string of the molecule is O=C(NCc1cc(=O)c(O)cn1O)c1cccc([SH](=O)=O)c1. The molecule has 3 N–H and O–H groups in total. The predicted octanol–water partition coefficient (Wildman–Crippen LogP) is -0.309. The molecule has 1 heterocycles. The monoisotopic (exact) mass is 324 g/mol. The highest BCUT2D eigenvalue weighted by Crippen LogP contribution is 2.07. The van der Waals surface area contributed by atoms with Crippen LogP contribution in [0.1, 0.15) is 16.1 Å². The number of carbonyl (C=O) groups excluding carboxylic acids is 1. The molecule has 22 heavy (non-hydrogen) atoms. The molecule has 0 aliphatic heterocycles. The molecule has 0 bridgehead atoms. The van der Waals surface area contributed by atoms with E-state index in [0.717, 1.165) is 12.3 Å². The molecule has 0 radical (unpaired) electrons. The van der Waals surface area contributed by atoms with Gasteiger partial charge in [0.1, 0.15) is 0 Å². The van der Waals surface area contributed by atoms with Crippen LogP contribution in [0.25, 0.3) is 0 Å². The van der Waals surface area contributed by atoms with Crippen molar-refractivity contribution >= 4 is 16.6 Å². The predicted molar refractivity (Wildman–Crippen MR) is 75.7 cm³/mol. The maximum absolute atomic E-state index is 11.9. The second-order valence-electron chi connectivity index (χ2n) is 4.35. The van der Waals surface area contributed by atoms with Crippen LogP contribution in [-0.4, -0.2) is 29.4 Å². The van der Waals surface area contributed by atoms with E-state index < -0.39 is 27.8 Å². The van der Waals surface area contributed by atoms with E-state index in [4.69, 9.17) is 5.11 Å². The van der Waals surface area contributed by atoms with E-state index in [1.54, 1.807) is 0 Å². The molecule has 1 amide bonds. The molecule has 0 saturated carbocycles. The quantitative estimate of drug-likeness (QED) is 0.451. The van der Waals surface area contributed by atoms with Gasteiger partial charge in [0.15, 0.2) is 16.5 Å². The zero-order valence-corrected chi connectivity index (χ0v) is 12.0. The minimum atomic E-state index is -2.80. The number of rotatable bonds is 4. The Morgan fingerprint density at radius 1 is 1.27 bits per heavy atom. The van der Waals surface area contributed by atoms with E-state index in [9.17, 15) is 23.2 Å². The van der Waals surface area contributed by atoms with E-state index >= 15 is 0 Å². The van der Waals surface area contributed by atoms with Crippen molar-refractivity contribution in [2.75, 3.05) is 0 Å². The Morgan fingerprint density at radius 3 is 2.68 bits per heavy atom. The third-order valence-corrected chi connectivity index (χ3v) is 3.54. The summed E-state index contributed by atoms with van der Waals surface area (Å²) in [5, 5.41) is 21.1. The molecule has 0 unspecified atom stereocenters. The van der Waals surface area contributed by atoms with Crippen molar-refractivity contribution in [3.05, 3.63) is 58.0 Å². The van der Waals surface area contributed by atoms with Crippen LogP contribution in [-0.2, 0) is 17.2 Å². The Labute approximate surface area is 126 Å². The Balaban J connectivity index is 2.15. The van der Waals surface area contributed by atoms with E-state index in [1.165, 1.54) is 24.3 Å². The van der Waals surface area contributed by atoms with Gasteiger partial charge in [0.05, 0.1) is 23.3 Å². The van der Waals surface area contributed by atoms with Crippen LogP contribution in [0.15, 0.2) is 46.2 Å². The first-order valence-corrected chi connectivity index (χ1v) is 7.22. The second kappa shape index (κ2) is 6.31. The van der Waals surface area contributed by atoms with Crippen LogP contribution in [0.2, 0.25) is 0 Å². The first-order chi connectivity index (χ1) is 10.4. The molecule has 0 aliphatic carbocycles. The maximum Gasteiger partial charge on any atom is 0.251 e. The summed E-state index contributed by atoms with van der Waals surface area (Å²) >= 11 is 0. The summed E-state index contributed by atoms with van der Waals surface area (Å²) in [6.07, 6.45) is 0.812. The lowest BCUT2D eigenvalue weighted by Gasteiger charge is -2.09. The number of nitrogens with one attached hydrogen (secondary N) is 1. The molecule has 2 rings (SSSR count). The van der Waals surface area contributed by atoms with Crippen molar-refractivity contribution < 1.29 is 23.5 Å². The number of amides is 1.